The first-order valence-corrected chi connectivity index (χ1v) is 6.75. The zero-order valence-electron chi connectivity index (χ0n) is 11.5. The van der Waals surface area contributed by atoms with Crippen LogP contribution in [0.25, 0.3) is 0 Å². The zero-order valence-corrected chi connectivity index (χ0v) is 11.5. The Morgan fingerprint density at radius 2 is 2.00 bits per heavy atom. The lowest BCUT2D eigenvalue weighted by molar-refractivity contribution is 0.0696. The number of aliphatic hydroxyl groups excluding tert-OH is 2. The molecule has 0 bridgehead atoms. The number of rotatable bonds is 5. The maximum atomic E-state index is 11.4. The van der Waals surface area contributed by atoms with E-state index in [1.807, 2.05) is 0 Å². The Morgan fingerprint density at radius 1 is 1.35 bits per heavy atom. The van der Waals surface area contributed by atoms with Gasteiger partial charge in [0, 0.05) is 5.69 Å². The maximum Gasteiger partial charge on any atom is 0.339 e. The van der Waals surface area contributed by atoms with Crippen molar-refractivity contribution in [3.05, 3.63) is 22.9 Å². The number of aromatic carboxylic acids is 1. The van der Waals surface area contributed by atoms with Crippen molar-refractivity contribution in [2.24, 2.45) is 0 Å². The third kappa shape index (κ3) is 2.91. The van der Waals surface area contributed by atoms with E-state index in [2.05, 4.69) is 10.3 Å². The molecule has 2 rings (SSSR count). The Kier molecular flexibility index (Phi) is 4.25. The first-order chi connectivity index (χ1) is 9.49. The van der Waals surface area contributed by atoms with E-state index in [1.165, 1.54) is 0 Å². The van der Waals surface area contributed by atoms with Crippen molar-refractivity contribution in [3.8, 4) is 0 Å². The summed E-state index contributed by atoms with van der Waals surface area (Å²) in [6, 6.07) is 1.65. The van der Waals surface area contributed by atoms with Crippen molar-refractivity contribution in [3.63, 3.8) is 0 Å². The second kappa shape index (κ2) is 5.76. The molecule has 0 amide bonds. The monoisotopic (exact) mass is 280 g/mol. The average Bonchev–Trinajstić information content (AvgIpc) is 2.46. The zero-order chi connectivity index (χ0) is 14.8. The highest BCUT2D eigenvalue weighted by molar-refractivity contribution is 5.93. The molecular formula is C14H20N2O4. The van der Waals surface area contributed by atoms with Crippen LogP contribution in [0.15, 0.2) is 6.07 Å². The molecule has 0 aromatic carbocycles. The van der Waals surface area contributed by atoms with Gasteiger partial charge in [-0.2, -0.15) is 0 Å². The topological polar surface area (TPSA) is 103 Å². The van der Waals surface area contributed by atoms with Gasteiger partial charge in [-0.25, -0.2) is 9.78 Å². The first kappa shape index (κ1) is 14.7. The minimum absolute atomic E-state index is 0.0822. The third-order valence-electron chi connectivity index (χ3n) is 3.65. The number of fused-ring (bicyclic) bond motifs is 1. The van der Waals surface area contributed by atoms with Gasteiger partial charge in [0.2, 0.25) is 0 Å². The molecule has 0 radical (unpaired) electrons. The highest BCUT2D eigenvalue weighted by atomic mass is 16.4. The normalized spacial score (nSPS) is 14.8. The van der Waals surface area contributed by atoms with Crippen molar-refractivity contribution >= 4 is 11.8 Å². The van der Waals surface area contributed by atoms with Gasteiger partial charge < -0.3 is 20.6 Å². The molecule has 6 heteroatoms. The predicted molar refractivity (Wildman–Crippen MR) is 74.0 cm³/mol. The molecule has 1 aliphatic carbocycles. The van der Waals surface area contributed by atoms with Crippen LogP contribution in [-0.2, 0) is 12.8 Å². The first-order valence-electron chi connectivity index (χ1n) is 6.75. The molecule has 1 heterocycles. The highest BCUT2D eigenvalue weighted by Crippen LogP contribution is 2.26. The number of carboxylic acids is 1. The number of hydrogen-bond donors (Lipinski definition) is 4. The van der Waals surface area contributed by atoms with E-state index in [1.54, 1.807) is 13.0 Å². The fourth-order valence-corrected chi connectivity index (χ4v) is 2.31. The molecule has 4 N–H and O–H groups in total. The summed E-state index contributed by atoms with van der Waals surface area (Å²) in [4.78, 5) is 15.8. The molecule has 0 aliphatic heterocycles. The van der Waals surface area contributed by atoms with E-state index in [9.17, 15) is 20.1 Å². The van der Waals surface area contributed by atoms with Crippen LogP contribution < -0.4 is 5.32 Å². The number of hydrogen-bond acceptors (Lipinski definition) is 5. The molecule has 0 saturated heterocycles. The second-order valence-corrected chi connectivity index (χ2v) is 5.50. The molecular weight excluding hydrogens is 260 g/mol. The van der Waals surface area contributed by atoms with Crippen molar-refractivity contribution < 1.29 is 20.1 Å². The largest absolute Gasteiger partial charge is 0.478 e. The number of aryl methyl sites for hydroxylation is 2. The highest BCUT2D eigenvalue weighted by Gasteiger charge is 2.26. The minimum atomic E-state index is -1.06. The summed E-state index contributed by atoms with van der Waals surface area (Å²) in [6.07, 6.45) is 3.77. The van der Waals surface area contributed by atoms with Crippen LogP contribution in [0.3, 0.4) is 0 Å². The molecule has 0 atom stereocenters. The Labute approximate surface area is 117 Å². The lowest BCUT2D eigenvalue weighted by Crippen LogP contribution is -2.43. The number of nitrogens with one attached hydrogen (secondary N) is 1. The number of anilines is 1. The third-order valence-corrected chi connectivity index (χ3v) is 3.65. The van der Waals surface area contributed by atoms with Gasteiger partial charge in [0.25, 0.3) is 0 Å². The summed E-state index contributed by atoms with van der Waals surface area (Å²) >= 11 is 0. The SMILES string of the molecule is CC(CO)(CO)Nc1nc2c(cc1C(=O)O)CCCC2. The summed E-state index contributed by atoms with van der Waals surface area (Å²) in [5.74, 6) is -0.852. The van der Waals surface area contributed by atoms with Crippen LogP contribution in [0.4, 0.5) is 5.82 Å². The summed E-state index contributed by atoms with van der Waals surface area (Å²) in [7, 11) is 0. The average molecular weight is 280 g/mol. The Hall–Kier alpha value is -1.66. The van der Waals surface area contributed by atoms with Crippen LogP contribution in [0, 0.1) is 0 Å². The lowest BCUT2D eigenvalue weighted by Gasteiger charge is -2.28. The van der Waals surface area contributed by atoms with Gasteiger partial charge in [0.05, 0.1) is 18.8 Å². The molecule has 0 saturated carbocycles. The number of nitrogens with zero attached hydrogens (tertiary/aromatic N) is 1. The molecule has 110 valence electrons. The van der Waals surface area contributed by atoms with Crippen molar-refractivity contribution in [1.29, 1.82) is 0 Å². The smallest absolute Gasteiger partial charge is 0.339 e. The van der Waals surface area contributed by atoms with E-state index in [-0.39, 0.29) is 24.6 Å². The van der Waals surface area contributed by atoms with Crippen molar-refractivity contribution in [1.82, 2.24) is 4.98 Å². The van der Waals surface area contributed by atoms with E-state index in [0.717, 1.165) is 36.9 Å². The molecule has 1 aliphatic rings. The lowest BCUT2D eigenvalue weighted by atomic mass is 9.94. The van der Waals surface area contributed by atoms with E-state index in [0.29, 0.717) is 0 Å². The summed E-state index contributed by atoms with van der Waals surface area (Å²) in [5.41, 5.74) is 0.967. The van der Waals surface area contributed by atoms with Gasteiger partial charge in [-0.05, 0) is 44.2 Å². The summed E-state index contributed by atoms with van der Waals surface area (Å²) in [5, 5.41) is 30.8. The van der Waals surface area contributed by atoms with Crippen molar-refractivity contribution in [2.75, 3.05) is 18.5 Å². The van der Waals surface area contributed by atoms with Gasteiger partial charge >= 0.3 is 5.97 Å². The van der Waals surface area contributed by atoms with Gasteiger partial charge in [-0.15, -0.1) is 0 Å². The molecule has 0 fully saturated rings. The Bertz CT molecular complexity index is 512. The molecule has 0 unspecified atom stereocenters. The second-order valence-electron chi connectivity index (χ2n) is 5.50. The van der Waals surface area contributed by atoms with Crippen LogP contribution in [0.1, 0.15) is 41.4 Å². The Balaban J connectivity index is 2.42. The van der Waals surface area contributed by atoms with Gasteiger partial charge in [0.1, 0.15) is 11.4 Å². The number of pyridine rings is 1. The van der Waals surface area contributed by atoms with E-state index < -0.39 is 11.5 Å². The number of carboxylic acid groups (broad SMARTS) is 1. The predicted octanol–water partition coefficient (Wildman–Crippen LogP) is 0.814. The Morgan fingerprint density at radius 3 is 2.60 bits per heavy atom. The van der Waals surface area contributed by atoms with Crippen LogP contribution in [0.2, 0.25) is 0 Å². The molecule has 6 nitrogen and oxygen atoms in total. The van der Waals surface area contributed by atoms with Crippen molar-refractivity contribution in [2.45, 2.75) is 38.1 Å². The standard InChI is InChI=1S/C14H20N2O4/c1-14(7-17,8-18)16-12-10(13(19)20)6-9-4-2-3-5-11(9)15-12/h6,17-18H,2-5,7-8H2,1H3,(H,15,16)(H,19,20). The van der Waals surface area contributed by atoms with E-state index in [4.69, 9.17) is 0 Å². The molecule has 1 aromatic rings. The number of aromatic nitrogens is 1. The fraction of sp³-hybridized carbons (Fsp3) is 0.571. The summed E-state index contributed by atoms with van der Waals surface area (Å²) in [6.45, 7) is 0.975. The summed E-state index contributed by atoms with van der Waals surface area (Å²) < 4.78 is 0. The van der Waals surface area contributed by atoms with Crippen LogP contribution in [-0.4, -0.2) is 45.0 Å². The maximum absolute atomic E-state index is 11.4. The van der Waals surface area contributed by atoms with Gasteiger partial charge in [0.15, 0.2) is 0 Å². The number of aliphatic hydroxyl groups is 2. The quantitative estimate of drug-likeness (QED) is 0.636. The van der Waals surface area contributed by atoms with Crippen LogP contribution >= 0.6 is 0 Å². The fourth-order valence-electron chi connectivity index (χ4n) is 2.31. The van der Waals surface area contributed by atoms with Gasteiger partial charge in [-0.3, -0.25) is 0 Å². The number of carbonyl (C=O) groups is 1. The molecule has 20 heavy (non-hydrogen) atoms. The molecule has 1 aromatic heterocycles. The molecule has 0 spiro atoms. The van der Waals surface area contributed by atoms with E-state index >= 15 is 0 Å². The van der Waals surface area contributed by atoms with Gasteiger partial charge in [-0.1, -0.05) is 0 Å². The minimum Gasteiger partial charge on any atom is -0.478 e. The van der Waals surface area contributed by atoms with Crippen LogP contribution in [0.5, 0.6) is 0 Å².